The molecule has 0 atom stereocenters. The maximum Gasteiger partial charge on any atom is 0.326 e. The molecule has 0 saturated carbocycles. The van der Waals surface area contributed by atoms with Gasteiger partial charge in [-0.15, -0.1) is 11.6 Å². The van der Waals surface area contributed by atoms with E-state index >= 15 is 0 Å². The molecule has 1 aromatic rings. The van der Waals surface area contributed by atoms with Crippen LogP contribution in [0, 0.1) is 0 Å². The van der Waals surface area contributed by atoms with Gasteiger partial charge in [-0.25, -0.2) is 8.42 Å². The van der Waals surface area contributed by atoms with Crippen LogP contribution in [0.4, 0.5) is 0 Å². The van der Waals surface area contributed by atoms with Gasteiger partial charge in [0, 0.05) is 5.88 Å². The van der Waals surface area contributed by atoms with Crippen LogP contribution >= 0.6 is 11.6 Å². The number of rotatable bonds is 5. The van der Waals surface area contributed by atoms with Gasteiger partial charge in [0.05, 0.1) is 12.0 Å². The molecular formula is C12H16ClNO4S. The summed E-state index contributed by atoms with van der Waals surface area (Å²) in [7, 11) is -2.65. The Morgan fingerprint density at radius 1 is 1.37 bits per heavy atom. The summed E-state index contributed by atoms with van der Waals surface area (Å²) in [5, 5.41) is 0. The second kappa shape index (κ2) is 5.90. The molecule has 0 aromatic heterocycles. The Morgan fingerprint density at radius 3 is 2.47 bits per heavy atom. The van der Waals surface area contributed by atoms with Crippen LogP contribution in [0.1, 0.15) is 19.4 Å². The first kappa shape index (κ1) is 15.9. The zero-order valence-electron chi connectivity index (χ0n) is 10.9. The molecule has 0 aliphatic rings. The van der Waals surface area contributed by atoms with Gasteiger partial charge in [0.1, 0.15) is 5.54 Å². The Bertz CT molecular complexity index is 569. The van der Waals surface area contributed by atoms with Crippen molar-refractivity contribution in [3.05, 3.63) is 29.8 Å². The number of sulfonamides is 1. The van der Waals surface area contributed by atoms with Crippen molar-refractivity contribution in [2.24, 2.45) is 0 Å². The van der Waals surface area contributed by atoms with Crippen LogP contribution in [-0.2, 0) is 25.4 Å². The van der Waals surface area contributed by atoms with Crippen molar-refractivity contribution >= 4 is 27.6 Å². The average Bonchev–Trinajstić information content (AvgIpc) is 2.36. The van der Waals surface area contributed by atoms with Crippen molar-refractivity contribution in [2.45, 2.75) is 30.2 Å². The lowest BCUT2D eigenvalue weighted by molar-refractivity contribution is -0.146. The van der Waals surface area contributed by atoms with E-state index in [1.54, 1.807) is 18.2 Å². The predicted octanol–water partition coefficient (Wildman–Crippen LogP) is 1.66. The topological polar surface area (TPSA) is 72.5 Å². The number of ether oxygens (including phenoxy) is 1. The van der Waals surface area contributed by atoms with Crippen LogP contribution in [0.2, 0.25) is 0 Å². The molecule has 1 rings (SSSR count). The second-order valence-electron chi connectivity index (χ2n) is 4.46. The van der Waals surface area contributed by atoms with E-state index in [1.807, 2.05) is 0 Å². The van der Waals surface area contributed by atoms with Gasteiger partial charge in [0.15, 0.2) is 0 Å². The standard InChI is InChI=1S/C12H16ClNO4S/c1-12(2,11(15)18-3)14-19(16,17)10-7-5-4-6-9(10)8-13/h4-7,14H,8H2,1-3H3. The van der Waals surface area contributed by atoms with Crippen molar-refractivity contribution < 1.29 is 17.9 Å². The number of carbonyl (C=O) groups is 1. The fourth-order valence-corrected chi connectivity index (χ4v) is 3.48. The fraction of sp³-hybridized carbons (Fsp3) is 0.417. The lowest BCUT2D eigenvalue weighted by Gasteiger charge is -2.23. The van der Waals surface area contributed by atoms with E-state index in [-0.39, 0.29) is 10.8 Å². The van der Waals surface area contributed by atoms with Crippen molar-refractivity contribution in [1.29, 1.82) is 0 Å². The smallest absolute Gasteiger partial charge is 0.326 e. The number of nitrogens with one attached hydrogen (secondary N) is 1. The van der Waals surface area contributed by atoms with Gasteiger partial charge in [-0.05, 0) is 25.5 Å². The molecule has 1 aromatic carbocycles. The molecular weight excluding hydrogens is 290 g/mol. The largest absolute Gasteiger partial charge is 0.468 e. The number of benzene rings is 1. The van der Waals surface area contributed by atoms with Crippen LogP contribution in [0.15, 0.2) is 29.2 Å². The molecule has 7 heteroatoms. The number of hydrogen-bond acceptors (Lipinski definition) is 4. The molecule has 0 aliphatic heterocycles. The van der Waals surface area contributed by atoms with E-state index in [0.717, 1.165) is 0 Å². The van der Waals surface area contributed by atoms with E-state index in [4.69, 9.17) is 11.6 Å². The highest BCUT2D eigenvalue weighted by atomic mass is 35.5. The molecule has 0 radical (unpaired) electrons. The molecule has 1 N–H and O–H groups in total. The number of alkyl halides is 1. The van der Waals surface area contributed by atoms with Crippen molar-refractivity contribution in [1.82, 2.24) is 4.72 Å². The Hall–Kier alpha value is -1.11. The minimum Gasteiger partial charge on any atom is -0.468 e. The number of halogens is 1. The van der Waals surface area contributed by atoms with Crippen LogP contribution in [0.3, 0.4) is 0 Å². The molecule has 19 heavy (non-hydrogen) atoms. The summed E-state index contributed by atoms with van der Waals surface area (Å²) >= 11 is 5.72. The molecule has 5 nitrogen and oxygen atoms in total. The van der Waals surface area contributed by atoms with Gasteiger partial charge < -0.3 is 4.74 Å². The third kappa shape index (κ3) is 3.68. The molecule has 0 amide bonds. The number of hydrogen-bond donors (Lipinski definition) is 1. The van der Waals surface area contributed by atoms with Gasteiger partial charge in [0.2, 0.25) is 10.0 Å². The predicted molar refractivity (Wildman–Crippen MR) is 72.4 cm³/mol. The zero-order valence-corrected chi connectivity index (χ0v) is 12.5. The average molecular weight is 306 g/mol. The molecule has 0 spiro atoms. The van der Waals surface area contributed by atoms with Crippen LogP contribution < -0.4 is 4.72 Å². The second-order valence-corrected chi connectivity index (χ2v) is 6.38. The van der Waals surface area contributed by atoms with E-state index in [1.165, 1.54) is 27.0 Å². The summed E-state index contributed by atoms with van der Waals surface area (Å²) in [5.41, 5.74) is -0.884. The van der Waals surface area contributed by atoms with Gasteiger partial charge >= 0.3 is 5.97 Å². The first-order chi connectivity index (χ1) is 8.74. The molecule has 0 unspecified atom stereocenters. The maximum atomic E-state index is 12.3. The van der Waals surface area contributed by atoms with Gasteiger partial charge in [-0.1, -0.05) is 18.2 Å². The Labute approximate surface area is 118 Å². The van der Waals surface area contributed by atoms with Crippen molar-refractivity contribution in [2.75, 3.05) is 7.11 Å². The highest BCUT2D eigenvalue weighted by molar-refractivity contribution is 7.89. The Morgan fingerprint density at radius 2 is 1.95 bits per heavy atom. The first-order valence-corrected chi connectivity index (χ1v) is 7.52. The Balaban J connectivity index is 3.16. The first-order valence-electron chi connectivity index (χ1n) is 5.51. The van der Waals surface area contributed by atoms with Gasteiger partial charge in [-0.3, -0.25) is 4.79 Å². The van der Waals surface area contributed by atoms with Gasteiger partial charge in [0.25, 0.3) is 0 Å². The highest BCUT2D eigenvalue weighted by Crippen LogP contribution is 2.19. The fourth-order valence-electron chi connectivity index (χ4n) is 1.56. The third-order valence-corrected chi connectivity index (χ3v) is 4.54. The molecule has 0 aliphatic carbocycles. The molecule has 0 fully saturated rings. The number of carbonyl (C=O) groups excluding carboxylic acids is 1. The van der Waals surface area contributed by atoms with Crippen molar-refractivity contribution in [3.8, 4) is 0 Å². The summed E-state index contributed by atoms with van der Waals surface area (Å²) in [6.07, 6.45) is 0. The lowest BCUT2D eigenvalue weighted by Crippen LogP contribution is -2.50. The zero-order chi connectivity index (χ0) is 14.7. The van der Waals surface area contributed by atoms with Crippen LogP contribution in [0.5, 0.6) is 0 Å². The minimum absolute atomic E-state index is 0.0574. The van der Waals surface area contributed by atoms with E-state index in [0.29, 0.717) is 5.56 Å². The molecule has 0 saturated heterocycles. The van der Waals surface area contributed by atoms with E-state index in [2.05, 4.69) is 9.46 Å². The highest BCUT2D eigenvalue weighted by Gasteiger charge is 2.34. The quantitative estimate of drug-likeness (QED) is 0.663. The maximum absolute atomic E-state index is 12.3. The number of esters is 1. The van der Waals surface area contributed by atoms with E-state index in [9.17, 15) is 13.2 Å². The Kier molecular flexibility index (Phi) is 4.95. The SMILES string of the molecule is COC(=O)C(C)(C)NS(=O)(=O)c1ccccc1CCl. The lowest BCUT2D eigenvalue weighted by atomic mass is 10.1. The van der Waals surface area contributed by atoms with Crippen molar-refractivity contribution in [3.63, 3.8) is 0 Å². The summed E-state index contributed by atoms with van der Waals surface area (Å²) < 4.78 is 31.4. The third-order valence-electron chi connectivity index (χ3n) is 2.49. The summed E-state index contributed by atoms with van der Waals surface area (Å²) in [5.74, 6) is -0.602. The summed E-state index contributed by atoms with van der Waals surface area (Å²) in [4.78, 5) is 11.6. The van der Waals surface area contributed by atoms with Crippen LogP contribution in [-0.4, -0.2) is 27.0 Å². The number of methoxy groups -OCH3 is 1. The van der Waals surface area contributed by atoms with Crippen LogP contribution in [0.25, 0.3) is 0 Å². The minimum atomic E-state index is -3.85. The molecule has 106 valence electrons. The molecule has 0 bridgehead atoms. The summed E-state index contributed by atoms with van der Waals surface area (Å²) in [6, 6.07) is 6.35. The van der Waals surface area contributed by atoms with E-state index < -0.39 is 21.5 Å². The summed E-state index contributed by atoms with van der Waals surface area (Å²) in [6.45, 7) is 2.86. The normalized spacial score (nSPS) is 12.2. The monoisotopic (exact) mass is 305 g/mol. The molecule has 0 heterocycles. The van der Waals surface area contributed by atoms with Gasteiger partial charge in [-0.2, -0.15) is 4.72 Å².